The Labute approximate surface area is 80.0 Å². The molecule has 0 spiro atoms. The van der Waals surface area contributed by atoms with Gasteiger partial charge >= 0.3 is 31.7 Å². The van der Waals surface area contributed by atoms with Crippen molar-refractivity contribution in [3.63, 3.8) is 0 Å². The number of nitrogens with zero attached hydrogens (tertiary/aromatic N) is 4. The molecule has 15 heavy (non-hydrogen) atoms. The van der Waals surface area contributed by atoms with Crippen molar-refractivity contribution in [1.82, 2.24) is 0 Å². The lowest BCUT2D eigenvalue weighted by Gasteiger charge is -2.01. The number of halogens is 7. The standard InChI is InChI=1S/F7N4P4/c1-12-8-13(2,3)10-15(6,7)11-14(4,5)9-12/q+1. The maximum absolute atomic E-state index is 12.4. The van der Waals surface area contributed by atoms with Crippen molar-refractivity contribution in [3.05, 3.63) is 0 Å². The van der Waals surface area contributed by atoms with Gasteiger partial charge in [0.15, 0.2) is 0 Å². The molecule has 0 saturated carbocycles. The third-order valence-electron chi connectivity index (χ3n) is 0.793. The van der Waals surface area contributed by atoms with Crippen LogP contribution in [0.3, 0.4) is 0 Å². The molecule has 0 aliphatic carbocycles. The summed E-state index contributed by atoms with van der Waals surface area (Å²) in [7, 11) is -22.0. The lowest BCUT2D eigenvalue weighted by Crippen LogP contribution is -1.63. The van der Waals surface area contributed by atoms with E-state index in [2.05, 4.69) is 0 Å². The molecule has 0 bridgehead atoms. The van der Waals surface area contributed by atoms with Crippen molar-refractivity contribution in [2.24, 2.45) is 18.1 Å². The molecule has 1 aliphatic rings. The summed E-state index contributed by atoms with van der Waals surface area (Å²) in [5, 5.41) is 0. The Morgan fingerprint density at radius 2 is 1.20 bits per heavy atom. The minimum Gasteiger partial charge on any atom is -0.149 e. The molecule has 1 unspecified atom stereocenters. The lowest BCUT2D eigenvalue weighted by molar-refractivity contribution is 0.692. The summed E-state index contributed by atoms with van der Waals surface area (Å²) in [6.45, 7) is 0. The van der Waals surface area contributed by atoms with Crippen LogP contribution in [0.15, 0.2) is 18.1 Å². The molecule has 88 valence electrons. The molecule has 1 atom stereocenters. The zero-order chi connectivity index (χ0) is 11.9. The van der Waals surface area contributed by atoms with E-state index < -0.39 is 31.7 Å². The van der Waals surface area contributed by atoms with E-state index in [9.17, 15) is 29.4 Å². The van der Waals surface area contributed by atoms with Crippen LogP contribution in [0.4, 0.5) is 29.4 Å². The van der Waals surface area contributed by atoms with Crippen LogP contribution in [0.1, 0.15) is 0 Å². The van der Waals surface area contributed by atoms with E-state index in [1.54, 1.807) is 0 Å². The van der Waals surface area contributed by atoms with Crippen molar-refractivity contribution in [3.8, 4) is 0 Å². The fraction of sp³-hybridized carbons (Fsp3) is 0. The van der Waals surface area contributed by atoms with Crippen molar-refractivity contribution in [2.75, 3.05) is 0 Å². The van der Waals surface area contributed by atoms with Gasteiger partial charge in [0, 0.05) is 0 Å². The Bertz CT molecular complexity index is 453. The van der Waals surface area contributed by atoms with Crippen molar-refractivity contribution in [1.29, 1.82) is 0 Å². The molecule has 0 radical (unpaired) electrons. The first-order valence-corrected chi connectivity index (χ1v) is 8.35. The van der Waals surface area contributed by atoms with Gasteiger partial charge in [0.2, 0.25) is 0 Å². The van der Waals surface area contributed by atoms with Crippen LogP contribution in [-0.2, 0) is 0 Å². The van der Waals surface area contributed by atoms with Gasteiger partial charge in [-0.1, -0.05) is 0 Å². The van der Waals surface area contributed by atoms with Gasteiger partial charge < -0.3 is 0 Å². The Kier molecular flexibility index (Phi) is 3.52. The molecule has 1 aliphatic heterocycles. The first kappa shape index (κ1) is 13.4. The van der Waals surface area contributed by atoms with Gasteiger partial charge in [-0.05, 0) is 0 Å². The highest BCUT2D eigenvalue weighted by atomic mass is 31.3. The van der Waals surface area contributed by atoms with Gasteiger partial charge in [-0.2, -0.15) is 0 Å². The van der Waals surface area contributed by atoms with Crippen LogP contribution in [0.5, 0.6) is 0 Å². The highest BCUT2D eigenvalue weighted by Crippen LogP contribution is 2.78. The molecule has 1 heterocycles. The van der Waals surface area contributed by atoms with Crippen LogP contribution in [0, 0.1) is 0 Å². The van der Waals surface area contributed by atoms with Gasteiger partial charge in [-0.15, -0.1) is 34.2 Å². The van der Waals surface area contributed by atoms with E-state index >= 15 is 0 Å². The van der Waals surface area contributed by atoms with Crippen molar-refractivity contribution in [2.45, 2.75) is 0 Å². The summed E-state index contributed by atoms with van der Waals surface area (Å²) in [5.41, 5.74) is 0. The van der Waals surface area contributed by atoms with Gasteiger partial charge in [0.25, 0.3) is 0 Å². The monoisotopic (exact) mass is 313 g/mol. The molecular formula is F7N4P4+. The largest absolute Gasteiger partial charge is 0.598 e. The molecule has 4 nitrogen and oxygen atoms in total. The summed E-state index contributed by atoms with van der Waals surface area (Å²) >= 11 is 0. The first-order chi connectivity index (χ1) is 6.52. The predicted octanol–water partition coefficient (Wildman–Crippen LogP) is 7.12. The van der Waals surface area contributed by atoms with Crippen LogP contribution < -0.4 is 0 Å². The van der Waals surface area contributed by atoms with E-state index in [1.807, 2.05) is 9.03 Å². The number of rotatable bonds is 0. The zero-order valence-electron chi connectivity index (χ0n) is 6.22. The van der Waals surface area contributed by atoms with Gasteiger partial charge in [-0.3, -0.25) is 0 Å². The van der Waals surface area contributed by atoms with E-state index in [0.29, 0.717) is 0 Å². The smallest absolute Gasteiger partial charge is 0.149 e. The molecule has 15 heteroatoms. The molecular weight excluding hydrogens is 313 g/mol. The molecule has 0 saturated heterocycles. The van der Waals surface area contributed by atoms with Gasteiger partial charge in [0.05, 0.1) is 13.2 Å². The fourth-order valence-corrected chi connectivity index (χ4v) is 5.86. The highest BCUT2D eigenvalue weighted by Gasteiger charge is 2.40. The van der Waals surface area contributed by atoms with E-state index in [-0.39, 0.29) is 0 Å². The van der Waals surface area contributed by atoms with Gasteiger partial charge in [-0.25, -0.2) is 0 Å². The van der Waals surface area contributed by atoms with Crippen LogP contribution in [0.25, 0.3) is 0 Å². The molecule has 0 fully saturated rings. The summed E-state index contributed by atoms with van der Waals surface area (Å²) in [5.74, 6) is 0. The lowest BCUT2D eigenvalue weighted by atomic mass is 13.8. The quantitative estimate of drug-likeness (QED) is 0.337. The third kappa shape index (κ3) is 4.35. The van der Waals surface area contributed by atoms with Crippen LogP contribution in [0.2, 0.25) is 0 Å². The summed E-state index contributed by atoms with van der Waals surface area (Å²) in [6.07, 6.45) is 0. The number of hydrogen-bond acceptors (Lipinski definition) is 4. The molecule has 0 amide bonds. The average Bonchev–Trinajstić information content (AvgIpc) is 1.71. The first-order valence-electron chi connectivity index (χ1n) is 2.78. The zero-order valence-corrected chi connectivity index (χ0v) is 9.80. The molecule has 1 rings (SSSR count). The average molecular weight is 313 g/mol. The SMILES string of the molecule is F[P+]1=NP(F)(F)=NP(F)(F)=NP(F)(F)=N1. The maximum atomic E-state index is 12.4. The molecule has 0 aromatic heterocycles. The van der Waals surface area contributed by atoms with E-state index in [4.69, 9.17) is 0 Å². The highest BCUT2D eigenvalue weighted by molar-refractivity contribution is 7.75. The number of hydrogen-bond donors (Lipinski definition) is 0. The Hall–Kier alpha value is 0.300. The van der Waals surface area contributed by atoms with E-state index in [1.165, 1.54) is 9.03 Å². The summed E-state index contributed by atoms with van der Waals surface area (Å²) < 4.78 is 93.5. The van der Waals surface area contributed by atoms with Crippen LogP contribution >= 0.6 is 31.7 Å². The third-order valence-corrected chi connectivity index (χ3v) is 7.14. The fourth-order valence-electron chi connectivity index (χ4n) is 0.508. The summed E-state index contributed by atoms with van der Waals surface area (Å²) in [6, 6.07) is 0. The maximum Gasteiger partial charge on any atom is 0.598 e. The Morgan fingerprint density at radius 3 is 1.73 bits per heavy atom. The van der Waals surface area contributed by atoms with Gasteiger partial charge in [0.1, 0.15) is 0 Å². The van der Waals surface area contributed by atoms with Crippen molar-refractivity contribution < 1.29 is 29.4 Å². The van der Waals surface area contributed by atoms with E-state index in [0.717, 1.165) is 0 Å². The minimum absolute atomic E-state index is 1.53. The van der Waals surface area contributed by atoms with Crippen molar-refractivity contribution >= 4 is 31.7 Å². The molecule has 0 aromatic carbocycles. The molecule has 0 aromatic rings. The molecule has 0 N–H and O–H groups in total. The summed E-state index contributed by atoms with van der Waals surface area (Å²) in [4.78, 5) is 0. The van der Waals surface area contributed by atoms with Crippen LogP contribution in [-0.4, -0.2) is 0 Å². The second-order valence-electron chi connectivity index (χ2n) is 1.97. The Morgan fingerprint density at radius 1 is 0.733 bits per heavy atom. The topological polar surface area (TPSA) is 49.4 Å². The Balaban J connectivity index is 3.53. The minimum atomic E-state index is -6.17. The predicted molar refractivity (Wildman–Crippen MR) is 45.1 cm³/mol. The second kappa shape index (κ2) is 3.95. The second-order valence-corrected chi connectivity index (χ2v) is 8.04. The normalized spacial score (nSPS) is 29.7.